The second kappa shape index (κ2) is 10.6. The van der Waals surface area contributed by atoms with Crippen molar-refractivity contribution < 1.29 is 18.8 Å². The van der Waals surface area contributed by atoms with Crippen molar-refractivity contribution in [3.63, 3.8) is 0 Å². The molecule has 1 aromatic carbocycles. The number of β-lactam (4-membered cyclic amide) rings is 1. The number of hydrogen-bond acceptors (Lipinski definition) is 6. The van der Waals surface area contributed by atoms with Gasteiger partial charge in [-0.3, -0.25) is 19.2 Å². The third-order valence-electron chi connectivity index (χ3n) is 6.82. The number of nitrogens with one attached hydrogen (secondary N) is 1. The number of likely N-dealkylation sites (tertiary alicyclic amines) is 1. The van der Waals surface area contributed by atoms with Crippen LogP contribution in [0.15, 0.2) is 42.7 Å². The summed E-state index contributed by atoms with van der Waals surface area (Å²) in [6, 6.07) is 5.74. The molecular weight excluding hydrogens is 489 g/mol. The molecule has 4 rings (SSSR count). The van der Waals surface area contributed by atoms with Crippen LogP contribution in [-0.4, -0.2) is 50.6 Å². The molecule has 10 nitrogen and oxygen atoms in total. The first kappa shape index (κ1) is 26.8. The van der Waals surface area contributed by atoms with Gasteiger partial charge in [0.1, 0.15) is 17.7 Å². The van der Waals surface area contributed by atoms with Gasteiger partial charge in [0.05, 0.1) is 23.8 Å². The Morgan fingerprint density at radius 1 is 1.24 bits per heavy atom. The fourth-order valence-corrected chi connectivity index (χ4v) is 4.84. The van der Waals surface area contributed by atoms with Gasteiger partial charge in [0, 0.05) is 31.5 Å². The van der Waals surface area contributed by atoms with Crippen LogP contribution in [0.25, 0.3) is 0 Å². The summed E-state index contributed by atoms with van der Waals surface area (Å²) in [5.41, 5.74) is 8.90. The van der Waals surface area contributed by atoms with Gasteiger partial charge in [0.25, 0.3) is 5.91 Å². The van der Waals surface area contributed by atoms with E-state index in [9.17, 15) is 18.8 Å². The first-order valence-electron chi connectivity index (χ1n) is 12.4. The van der Waals surface area contributed by atoms with E-state index < -0.39 is 41.7 Å². The number of imide groups is 1. The molecule has 0 spiro atoms. The number of carbonyl (C=O) groups is 3. The van der Waals surface area contributed by atoms with Crippen molar-refractivity contribution in [2.24, 2.45) is 13.0 Å². The zero-order chi connectivity index (χ0) is 27.7. The molecule has 0 aliphatic carbocycles. The van der Waals surface area contributed by atoms with E-state index >= 15 is 0 Å². The van der Waals surface area contributed by atoms with E-state index in [1.165, 1.54) is 17.2 Å². The van der Waals surface area contributed by atoms with Crippen molar-refractivity contribution in [3.05, 3.63) is 70.9 Å². The molecular formula is C27H32FN7O3. The van der Waals surface area contributed by atoms with E-state index in [1.54, 1.807) is 70.0 Å². The molecule has 38 heavy (non-hydrogen) atoms. The summed E-state index contributed by atoms with van der Waals surface area (Å²) in [6.07, 6.45) is 3.79. The number of halogens is 1. The minimum absolute atomic E-state index is 0.206. The lowest BCUT2D eigenvalue weighted by Crippen LogP contribution is -2.70. The number of carbonyl (C=O) groups excluding carboxylic acids is 3. The second-order valence-electron chi connectivity index (χ2n) is 9.71. The van der Waals surface area contributed by atoms with Crippen molar-refractivity contribution in [3.8, 4) is 0 Å². The zero-order valence-electron chi connectivity index (χ0n) is 22.1. The number of rotatable bonds is 7. The van der Waals surface area contributed by atoms with Gasteiger partial charge >= 0.3 is 6.03 Å². The number of nitrogens with zero attached hydrogens (tertiary/aromatic N) is 5. The van der Waals surface area contributed by atoms with Crippen LogP contribution in [0, 0.1) is 25.6 Å². The summed E-state index contributed by atoms with van der Waals surface area (Å²) in [4.78, 5) is 46.9. The van der Waals surface area contributed by atoms with Crippen LogP contribution in [0.2, 0.25) is 0 Å². The summed E-state index contributed by atoms with van der Waals surface area (Å²) in [5, 5.41) is 6.86. The SMILES string of the molecule is CCC(NC(=O)N1C(=O)[C@H](Cc2cc(C)nc(N)c2)[C@H]1C(=O)N(C)c1cnn(C)c1)c1ccc(C)cc1F. The maximum Gasteiger partial charge on any atom is 0.325 e. The van der Waals surface area contributed by atoms with E-state index in [-0.39, 0.29) is 6.42 Å². The van der Waals surface area contributed by atoms with Gasteiger partial charge in [0.15, 0.2) is 0 Å². The number of benzene rings is 1. The highest BCUT2D eigenvalue weighted by Gasteiger charge is 2.55. The summed E-state index contributed by atoms with van der Waals surface area (Å²) in [6.45, 7) is 5.37. The zero-order valence-corrected chi connectivity index (χ0v) is 22.1. The van der Waals surface area contributed by atoms with Crippen LogP contribution in [0.3, 0.4) is 0 Å². The summed E-state index contributed by atoms with van der Waals surface area (Å²) >= 11 is 0. The Labute approximate surface area is 220 Å². The van der Waals surface area contributed by atoms with Crippen molar-refractivity contribution in [2.45, 2.75) is 45.7 Å². The Morgan fingerprint density at radius 3 is 2.58 bits per heavy atom. The largest absolute Gasteiger partial charge is 0.384 e. The molecule has 0 bridgehead atoms. The predicted octanol–water partition coefficient (Wildman–Crippen LogP) is 3.05. The standard InChI is InChI=1S/C27H32FN7O3/c1-6-22(19-8-7-15(2)9-21(19)28)32-27(38)35-24(26(37)34(5)18-13-30-33(4)14-18)20(25(35)36)11-17-10-16(3)31-23(29)12-17/h7-10,12-14,20,22,24H,6,11H2,1-5H3,(H2,29,31)(H,32,38)/t20-,22?,24+/m1/s1. The molecule has 3 aromatic rings. The quantitative estimate of drug-likeness (QED) is 0.460. The Balaban J connectivity index is 1.62. The number of aromatic nitrogens is 3. The highest BCUT2D eigenvalue weighted by atomic mass is 19.1. The summed E-state index contributed by atoms with van der Waals surface area (Å²) in [5.74, 6) is -1.86. The number of nitrogen functional groups attached to an aromatic ring is 1. The Bertz CT molecular complexity index is 1370. The molecule has 1 aliphatic heterocycles. The van der Waals surface area contributed by atoms with Gasteiger partial charge in [-0.2, -0.15) is 5.10 Å². The smallest absolute Gasteiger partial charge is 0.325 e. The minimum Gasteiger partial charge on any atom is -0.384 e. The molecule has 3 heterocycles. The third-order valence-corrected chi connectivity index (χ3v) is 6.82. The van der Waals surface area contributed by atoms with Crippen LogP contribution in [-0.2, 0) is 23.1 Å². The topological polar surface area (TPSA) is 126 Å². The van der Waals surface area contributed by atoms with Gasteiger partial charge < -0.3 is 16.0 Å². The van der Waals surface area contributed by atoms with E-state index in [0.717, 1.165) is 16.0 Å². The molecule has 1 saturated heterocycles. The normalized spacial score (nSPS) is 17.6. The number of amides is 4. The lowest BCUT2D eigenvalue weighted by atomic mass is 9.81. The number of anilines is 2. The molecule has 3 atom stereocenters. The molecule has 200 valence electrons. The van der Waals surface area contributed by atoms with E-state index in [4.69, 9.17) is 5.73 Å². The van der Waals surface area contributed by atoms with Gasteiger partial charge in [-0.25, -0.2) is 14.2 Å². The van der Waals surface area contributed by atoms with E-state index in [1.807, 2.05) is 0 Å². The summed E-state index contributed by atoms with van der Waals surface area (Å²) in [7, 11) is 3.29. The minimum atomic E-state index is -1.07. The number of urea groups is 1. The number of pyridine rings is 1. The molecule has 11 heteroatoms. The van der Waals surface area contributed by atoms with Gasteiger partial charge in [-0.1, -0.05) is 19.1 Å². The van der Waals surface area contributed by atoms with Crippen LogP contribution in [0.4, 0.5) is 20.7 Å². The average molecular weight is 522 g/mol. The van der Waals surface area contributed by atoms with Crippen LogP contribution in [0.1, 0.15) is 41.8 Å². The van der Waals surface area contributed by atoms with Gasteiger partial charge in [-0.15, -0.1) is 0 Å². The van der Waals surface area contributed by atoms with Crippen molar-refractivity contribution in [1.82, 2.24) is 25.0 Å². The van der Waals surface area contributed by atoms with Crippen LogP contribution >= 0.6 is 0 Å². The number of hydrogen-bond donors (Lipinski definition) is 2. The third kappa shape index (κ3) is 5.22. The molecule has 0 radical (unpaired) electrons. The van der Waals surface area contributed by atoms with Crippen molar-refractivity contribution >= 4 is 29.4 Å². The summed E-state index contributed by atoms with van der Waals surface area (Å²) < 4.78 is 16.2. The lowest BCUT2D eigenvalue weighted by molar-refractivity contribution is -0.156. The van der Waals surface area contributed by atoms with Gasteiger partial charge in [0.2, 0.25) is 5.91 Å². The molecule has 0 saturated carbocycles. The maximum absolute atomic E-state index is 14.7. The molecule has 1 aliphatic rings. The molecule has 1 fully saturated rings. The first-order valence-corrected chi connectivity index (χ1v) is 12.4. The highest BCUT2D eigenvalue weighted by molar-refractivity contribution is 6.12. The van der Waals surface area contributed by atoms with Crippen LogP contribution in [0.5, 0.6) is 0 Å². The average Bonchev–Trinajstić information content (AvgIpc) is 3.29. The van der Waals surface area contributed by atoms with E-state index in [2.05, 4.69) is 15.4 Å². The maximum atomic E-state index is 14.7. The monoisotopic (exact) mass is 521 g/mol. The number of likely N-dealkylation sites (N-methyl/N-ethyl adjacent to an activating group) is 1. The fraction of sp³-hybridized carbons (Fsp3) is 0.370. The molecule has 1 unspecified atom stereocenters. The predicted molar refractivity (Wildman–Crippen MR) is 141 cm³/mol. The van der Waals surface area contributed by atoms with Crippen LogP contribution < -0.4 is 16.0 Å². The number of nitrogens with two attached hydrogens (primary N) is 1. The molecule has 4 amide bonds. The van der Waals surface area contributed by atoms with Crippen molar-refractivity contribution in [2.75, 3.05) is 17.7 Å². The van der Waals surface area contributed by atoms with E-state index in [0.29, 0.717) is 29.2 Å². The Kier molecular flexibility index (Phi) is 7.47. The molecule has 2 aromatic heterocycles. The highest BCUT2D eigenvalue weighted by Crippen LogP contribution is 2.34. The fourth-order valence-electron chi connectivity index (χ4n) is 4.84. The van der Waals surface area contributed by atoms with Gasteiger partial charge in [-0.05, 0) is 56.0 Å². The lowest BCUT2D eigenvalue weighted by Gasteiger charge is -2.46. The van der Waals surface area contributed by atoms with Crippen molar-refractivity contribution in [1.29, 1.82) is 0 Å². The Morgan fingerprint density at radius 2 is 1.97 bits per heavy atom. The first-order chi connectivity index (χ1) is 18.0. The Hall–Kier alpha value is -4.28. The second-order valence-corrected chi connectivity index (χ2v) is 9.71. The molecule has 3 N–H and O–H groups in total. The number of aryl methyl sites for hydroxylation is 3.